The van der Waals surface area contributed by atoms with E-state index < -0.39 is 0 Å². The molecule has 0 radical (unpaired) electrons. The third-order valence-electron chi connectivity index (χ3n) is 3.19. The fourth-order valence-electron chi connectivity index (χ4n) is 2.30. The van der Waals surface area contributed by atoms with Gasteiger partial charge >= 0.3 is 0 Å². The summed E-state index contributed by atoms with van der Waals surface area (Å²) in [7, 11) is 0. The first-order valence-electron chi connectivity index (χ1n) is 5.96. The maximum absolute atomic E-state index is 4.21. The Hall–Kier alpha value is -1.75. The van der Waals surface area contributed by atoms with Gasteiger partial charge in [-0.2, -0.15) is 0 Å². The molecule has 17 heavy (non-hydrogen) atoms. The largest absolute Gasteiger partial charge is 0.317 e. The van der Waals surface area contributed by atoms with Gasteiger partial charge in [-0.15, -0.1) is 10.2 Å². The number of nitrogens with one attached hydrogen (secondary N) is 1. The first-order chi connectivity index (χ1) is 8.45. The zero-order valence-electron chi connectivity index (χ0n) is 9.58. The Kier molecular flexibility index (Phi) is 2.83. The summed E-state index contributed by atoms with van der Waals surface area (Å²) in [5, 5.41) is 11.6. The number of piperidine rings is 1. The first-order valence-corrected chi connectivity index (χ1v) is 5.96. The van der Waals surface area contributed by atoms with Crippen LogP contribution >= 0.6 is 0 Å². The molecule has 0 unspecified atom stereocenters. The molecule has 1 saturated heterocycles. The van der Waals surface area contributed by atoms with Gasteiger partial charge in [0.25, 0.3) is 0 Å². The van der Waals surface area contributed by atoms with Crippen LogP contribution in [-0.4, -0.2) is 32.8 Å². The third-order valence-corrected chi connectivity index (χ3v) is 3.19. The second kappa shape index (κ2) is 4.63. The van der Waals surface area contributed by atoms with E-state index in [0.29, 0.717) is 6.04 Å². The SMILES string of the molecule is c1cncc(-c2nncn2C2CCNCC2)c1. The molecule has 2 aromatic heterocycles. The lowest BCUT2D eigenvalue weighted by molar-refractivity contribution is 0.370. The highest BCUT2D eigenvalue weighted by molar-refractivity contribution is 5.53. The van der Waals surface area contributed by atoms with Crippen molar-refractivity contribution in [2.45, 2.75) is 18.9 Å². The van der Waals surface area contributed by atoms with Crippen LogP contribution in [0.4, 0.5) is 0 Å². The molecule has 0 bridgehead atoms. The number of rotatable bonds is 2. The Balaban J connectivity index is 1.93. The molecule has 1 fully saturated rings. The van der Waals surface area contributed by atoms with Crippen molar-refractivity contribution in [2.24, 2.45) is 0 Å². The molecule has 1 N–H and O–H groups in total. The zero-order valence-corrected chi connectivity index (χ0v) is 9.58. The molecule has 0 saturated carbocycles. The Morgan fingerprint density at radius 3 is 2.94 bits per heavy atom. The number of aromatic nitrogens is 4. The van der Waals surface area contributed by atoms with E-state index in [4.69, 9.17) is 0 Å². The summed E-state index contributed by atoms with van der Waals surface area (Å²) in [5.41, 5.74) is 1.03. The second-order valence-corrected chi connectivity index (χ2v) is 4.28. The quantitative estimate of drug-likeness (QED) is 0.842. The van der Waals surface area contributed by atoms with Crippen LogP contribution in [0.15, 0.2) is 30.9 Å². The molecule has 5 nitrogen and oxygen atoms in total. The molecule has 5 heteroatoms. The zero-order chi connectivity index (χ0) is 11.5. The fourth-order valence-corrected chi connectivity index (χ4v) is 2.30. The topological polar surface area (TPSA) is 55.6 Å². The minimum Gasteiger partial charge on any atom is -0.317 e. The van der Waals surface area contributed by atoms with Crippen molar-refractivity contribution < 1.29 is 0 Å². The molecule has 0 spiro atoms. The van der Waals surface area contributed by atoms with E-state index in [1.54, 1.807) is 6.20 Å². The maximum atomic E-state index is 4.21. The lowest BCUT2D eigenvalue weighted by atomic mass is 10.1. The summed E-state index contributed by atoms with van der Waals surface area (Å²) in [5.74, 6) is 0.921. The van der Waals surface area contributed by atoms with Gasteiger partial charge in [-0.05, 0) is 38.1 Å². The van der Waals surface area contributed by atoms with E-state index in [1.807, 2.05) is 24.7 Å². The van der Waals surface area contributed by atoms with Crippen molar-refractivity contribution in [1.29, 1.82) is 0 Å². The monoisotopic (exact) mass is 229 g/mol. The third kappa shape index (κ3) is 2.06. The second-order valence-electron chi connectivity index (χ2n) is 4.28. The number of pyridine rings is 1. The highest BCUT2D eigenvalue weighted by Crippen LogP contribution is 2.24. The average molecular weight is 229 g/mol. The van der Waals surface area contributed by atoms with Gasteiger partial charge in [-0.1, -0.05) is 0 Å². The van der Waals surface area contributed by atoms with Gasteiger partial charge < -0.3 is 9.88 Å². The summed E-state index contributed by atoms with van der Waals surface area (Å²) in [6.07, 6.45) is 7.70. The van der Waals surface area contributed by atoms with Crippen LogP contribution in [0.2, 0.25) is 0 Å². The average Bonchev–Trinajstić information content (AvgIpc) is 2.90. The highest BCUT2D eigenvalue weighted by atomic mass is 15.3. The highest BCUT2D eigenvalue weighted by Gasteiger charge is 2.18. The number of nitrogens with zero attached hydrogens (tertiary/aromatic N) is 4. The summed E-state index contributed by atoms with van der Waals surface area (Å²) < 4.78 is 2.18. The molecule has 0 aromatic carbocycles. The maximum Gasteiger partial charge on any atom is 0.165 e. The van der Waals surface area contributed by atoms with E-state index in [2.05, 4.69) is 25.1 Å². The first kappa shape index (κ1) is 10.4. The lowest BCUT2D eigenvalue weighted by Crippen LogP contribution is -2.29. The van der Waals surface area contributed by atoms with Gasteiger partial charge in [0, 0.05) is 24.0 Å². The van der Waals surface area contributed by atoms with Crippen LogP contribution in [-0.2, 0) is 0 Å². The van der Waals surface area contributed by atoms with Crippen LogP contribution in [0.1, 0.15) is 18.9 Å². The van der Waals surface area contributed by atoms with Crippen molar-refractivity contribution in [3.63, 3.8) is 0 Å². The Morgan fingerprint density at radius 1 is 1.29 bits per heavy atom. The molecule has 1 aliphatic rings. The smallest absolute Gasteiger partial charge is 0.165 e. The Bertz CT molecular complexity index is 473. The predicted molar refractivity (Wildman–Crippen MR) is 64.4 cm³/mol. The molecule has 0 aliphatic carbocycles. The minimum absolute atomic E-state index is 0.501. The van der Waals surface area contributed by atoms with E-state index in [1.165, 1.54) is 0 Å². The molecule has 0 atom stereocenters. The Morgan fingerprint density at radius 2 is 2.18 bits per heavy atom. The van der Waals surface area contributed by atoms with Gasteiger partial charge in [-0.3, -0.25) is 4.98 Å². The number of hydrogen-bond acceptors (Lipinski definition) is 4. The van der Waals surface area contributed by atoms with E-state index in [0.717, 1.165) is 37.3 Å². The van der Waals surface area contributed by atoms with Gasteiger partial charge in [0.15, 0.2) is 5.82 Å². The van der Waals surface area contributed by atoms with Crippen LogP contribution in [0.5, 0.6) is 0 Å². The van der Waals surface area contributed by atoms with Crippen LogP contribution < -0.4 is 5.32 Å². The predicted octanol–water partition coefficient (Wildman–Crippen LogP) is 1.26. The van der Waals surface area contributed by atoms with E-state index in [9.17, 15) is 0 Å². The van der Waals surface area contributed by atoms with Crippen molar-refractivity contribution >= 4 is 0 Å². The van der Waals surface area contributed by atoms with Crippen LogP contribution in [0.25, 0.3) is 11.4 Å². The molecular weight excluding hydrogens is 214 g/mol. The van der Waals surface area contributed by atoms with Crippen LogP contribution in [0.3, 0.4) is 0 Å². The Labute approximate surface area is 99.9 Å². The van der Waals surface area contributed by atoms with Crippen molar-refractivity contribution in [2.75, 3.05) is 13.1 Å². The van der Waals surface area contributed by atoms with Crippen molar-refractivity contribution in [3.8, 4) is 11.4 Å². The van der Waals surface area contributed by atoms with Crippen molar-refractivity contribution in [3.05, 3.63) is 30.9 Å². The van der Waals surface area contributed by atoms with E-state index >= 15 is 0 Å². The minimum atomic E-state index is 0.501. The normalized spacial score (nSPS) is 17.2. The molecule has 3 heterocycles. The summed E-state index contributed by atoms with van der Waals surface area (Å²) >= 11 is 0. The molecular formula is C12H15N5. The van der Waals surface area contributed by atoms with Crippen LogP contribution in [0, 0.1) is 0 Å². The molecule has 2 aromatic rings. The molecule has 3 rings (SSSR count). The van der Waals surface area contributed by atoms with E-state index in [-0.39, 0.29) is 0 Å². The summed E-state index contributed by atoms with van der Waals surface area (Å²) in [4.78, 5) is 4.13. The number of hydrogen-bond donors (Lipinski definition) is 1. The summed E-state index contributed by atoms with van der Waals surface area (Å²) in [6, 6.07) is 4.45. The van der Waals surface area contributed by atoms with Gasteiger partial charge in [0.2, 0.25) is 0 Å². The molecule has 88 valence electrons. The van der Waals surface area contributed by atoms with Gasteiger partial charge in [0.05, 0.1) is 0 Å². The fraction of sp³-hybridized carbons (Fsp3) is 0.417. The molecule has 1 aliphatic heterocycles. The standard InChI is InChI=1S/C12H15N5/c1-2-10(8-14-5-1)12-16-15-9-17(12)11-3-6-13-7-4-11/h1-2,5,8-9,11,13H,3-4,6-7H2. The van der Waals surface area contributed by atoms with Crippen molar-refractivity contribution in [1.82, 2.24) is 25.1 Å². The lowest BCUT2D eigenvalue weighted by Gasteiger charge is -2.24. The van der Waals surface area contributed by atoms with Gasteiger partial charge in [-0.25, -0.2) is 0 Å². The summed E-state index contributed by atoms with van der Waals surface area (Å²) in [6.45, 7) is 2.13. The molecule has 0 amide bonds. The van der Waals surface area contributed by atoms with Gasteiger partial charge in [0.1, 0.15) is 6.33 Å².